The van der Waals surface area contributed by atoms with Crippen LogP contribution in [0.1, 0.15) is 95.6 Å². The summed E-state index contributed by atoms with van der Waals surface area (Å²) < 4.78 is 0. The minimum atomic E-state index is -0.314. The second-order valence-electron chi connectivity index (χ2n) is 13.2. The van der Waals surface area contributed by atoms with Crippen LogP contribution in [-0.4, -0.2) is 17.9 Å². The molecule has 1 aromatic rings. The predicted octanol–water partition coefficient (Wildman–Crippen LogP) is 5.75. The van der Waals surface area contributed by atoms with Gasteiger partial charge >= 0.3 is 0 Å². The summed E-state index contributed by atoms with van der Waals surface area (Å²) in [6.45, 7) is 4.77. The van der Waals surface area contributed by atoms with Gasteiger partial charge in [-0.2, -0.15) is 5.26 Å². The molecule has 6 rings (SSSR count). The lowest BCUT2D eigenvalue weighted by Gasteiger charge is -2.58. The maximum atomic E-state index is 14.1. The average Bonchev–Trinajstić information content (AvgIpc) is 3.27. The Labute approximate surface area is 221 Å². The van der Waals surface area contributed by atoms with Gasteiger partial charge in [0.1, 0.15) is 0 Å². The Morgan fingerprint density at radius 3 is 2.46 bits per heavy atom. The molecule has 0 radical (unpaired) electrons. The molecule has 0 saturated heterocycles. The highest BCUT2D eigenvalue weighted by Gasteiger charge is 2.61. The number of carbonyl (C=O) groups excluding carboxylic acids is 2. The molecule has 2 unspecified atom stereocenters. The molecule has 1 heterocycles. The summed E-state index contributed by atoms with van der Waals surface area (Å²) in [6, 6.07) is 10.4. The maximum absolute atomic E-state index is 14.1. The van der Waals surface area contributed by atoms with Gasteiger partial charge in [0.25, 0.3) is 0 Å². The van der Waals surface area contributed by atoms with E-state index in [0.29, 0.717) is 23.3 Å². The van der Waals surface area contributed by atoms with Gasteiger partial charge in [-0.25, -0.2) is 0 Å². The number of benzene rings is 1. The van der Waals surface area contributed by atoms with Crippen LogP contribution in [0.4, 0.5) is 0 Å². The number of hydrogen-bond donors (Lipinski definition) is 2. The molecule has 4 saturated carbocycles. The fourth-order valence-electron chi connectivity index (χ4n) is 9.59. The summed E-state index contributed by atoms with van der Waals surface area (Å²) in [5.41, 5.74) is 1.57. The Kier molecular flexibility index (Phi) is 6.01. The Morgan fingerprint density at radius 2 is 1.73 bits per heavy atom. The molecule has 4 fully saturated rings. The molecule has 5 heteroatoms. The number of nitriles is 1. The van der Waals surface area contributed by atoms with Crippen LogP contribution < -0.4 is 10.6 Å². The third-order valence-electron chi connectivity index (χ3n) is 11.6. The van der Waals surface area contributed by atoms with Gasteiger partial charge in [-0.15, -0.1) is 0 Å². The molecule has 1 aliphatic heterocycles. The smallest absolute Gasteiger partial charge is 0.243 e. The van der Waals surface area contributed by atoms with E-state index in [-0.39, 0.29) is 40.1 Å². The highest BCUT2D eigenvalue weighted by atomic mass is 16.2. The monoisotopic (exact) mass is 499 g/mol. The number of amides is 2. The standard InChI is InChI=1S/C32H41N3O2/c1-30-18-14-25-23(10-13-27-31(25,2)19-15-28(36)34-27)24(30)11-12-26(30)29(37)35-32(16-4-3-5-17-32)22-8-6-21(20-33)7-9-22/h6-9,15,19,23-27H,3-5,10-14,16-18H2,1-2H3,(H,34,36)(H,35,37)/t23-,24-,25+,26?,27?,30-,31+/m0/s1. The van der Waals surface area contributed by atoms with Crippen molar-refractivity contribution in [3.8, 4) is 6.07 Å². The lowest BCUT2D eigenvalue weighted by molar-refractivity contribution is -0.136. The zero-order valence-electron chi connectivity index (χ0n) is 22.4. The van der Waals surface area contributed by atoms with Crippen LogP contribution in [0.2, 0.25) is 0 Å². The van der Waals surface area contributed by atoms with Crippen molar-refractivity contribution in [1.82, 2.24) is 10.6 Å². The van der Waals surface area contributed by atoms with E-state index >= 15 is 0 Å². The first kappa shape index (κ1) is 24.7. The number of nitrogens with one attached hydrogen (secondary N) is 2. The second-order valence-corrected chi connectivity index (χ2v) is 13.2. The van der Waals surface area contributed by atoms with Crippen molar-refractivity contribution >= 4 is 11.8 Å². The molecule has 0 aromatic heterocycles. The van der Waals surface area contributed by atoms with Crippen LogP contribution in [0, 0.1) is 45.8 Å². The van der Waals surface area contributed by atoms with E-state index in [2.05, 4.69) is 48.8 Å². The van der Waals surface area contributed by atoms with E-state index in [9.17, 15) is 14.9 Å². The van der Waals surface area contributed by atoms with Crippen LogP contribution in [0.3, 0.4) is 0 Å². The van der Waals surface area contributed by atoms with E-state index in [0.717, 1.165) is 69.8 Å². The van der Waals surface area contributed by atoms with Crippen LogP contribution in [0.5, 0.6) is 0 Å². The van der Waals surface area contributed by atoms with Gasteiger partial charge in [-0.3, -0.25) is 9.59 Å². The van der Waals surface area contributed by atoms with Gasteiger partial charge in [0.15, 0.2) is 0 Å². The topological polar surface area (TPSA) is 82.0 Å². The third kappa shape index (κ3) is 3.85. The SMILES string of the molecule is C[C@]12C=CC(=O)NC1CC[C@@H]1[C@H]2CC[C@]2(C)C(C(=O)NC3(c4ccc(C#N)cc4)CCCCC3)CC[C@@H]12. The summed E-state index contributed by atoms with van der Waals surface area (Å²) in [5.74, 6) is 2.13. The zero-order chi connectivity index (χ0) is 25.8. The highest BCUT2D eigenvalue weighted by molar-refractivity contribution is 5.89. The van der Waals surface area contributed by atoms with Crippen molar-refractivity contribution in [2.24, 2.45) is 34.5 Å². The number of carbonyl (C=O) groups is 2. The molecule has 2 amide bonds. The highest BCUT2D eigenvalue weighted by Crippen LogP contribution is 2.65. The van der Waals surface area contributed by atoms with Gasteiger partial charge in [-0.1, -0.05) is 51.3 Å². The molecule has 37 heavy (non-hydrogen) atoms. The van der Waals surface area contributed by atoms with Crippen LogP contribution >= 0.6 is 0 Å². The number of fused-ring (bicyclic) bond motifs is 5. The molecule has 196 valence electrons. The van der Waals surface area contributed by atoms with E-state index in [1.54, 1.807) is 6.08 Å². The van der Waals surface area contributed by atoms with Gasteiger partial charge < -0.3 is 10.6 Å². The zero-order valence-corrected chi connectivity index (χ0v) is 22.4. The van der Waals surface area contributed by atoms with E-state index in [4.69, 9.17) is 0 Å². The number of nitrogens with zero attached hydrogens (tertiary/aromatic N) is 1. The third-order valence-corrected chi connectivity index (χ3v) is 11.6. The van der Waals surface area contributed by atoms with Crippen LogP contribution in [-0.2, 0) is 15.1 Å². The Morgan fingerprint density at radius 1 is 0.973 bits per heavy atom. The minimum Gasteiger partial charge on any atom is -0.349 e. The summed E-state index contributed by atoms with van der Waals surface area (Å²) >= 11 is 0. The van der Waals surface area contributed by atoms with E-state index in [1.807, 2.05) is 12.1 Å². The molecular formula is C32H41N3O2. The molecule has 7 atom stereocenters. The van der Waals surface area contributed by atoms with Gasteiger partial charge in [-0.05, 0) is 98.3 Å². The lowest BCUT2D eigenvalue weighted by Crippen LogP contribution is -2.60. The summed E-state index contributed by atoms with van der Waals surface area (Å²) in [7, 11) is 0. The first-order chi connectivity index (χ1) is 17.8. The van der Waals surface area contributed by atoms with Gasteiger partial charge in [0.05, 0.1) is 17.2 Å². The minimum absolute atomic E-state index is 0.0280. The summed E-state index contributed by atoms with van der Waals surface area (Å²) in [6.07, 6.45) is 15.9. The molecule has 5 nitrogen and oxygen atoms in total. The number of hydrogen-bond acceptors (Lipinski definition) is 3. The Hall–Kier alpha value is -2.61. The van der Waals surface area contributed by atoms with Crippen molar-refractivity contribution in [2.45, 2.75) is 96.1 Å². The predicted molar refractivity (Wildman–Crippen MR) is 143 cm³/mol. The van der Waals surface area contributed by atoms with Crippen LogP contribution in [0.15, 0.2) is 36.4 Å². The van der Waals surface area contributed by atoms with Gasteiger partial charge in [0.2, 0.25) is 11.8 Å². The van der Waals surface area contributed by atoms with Gasteiger partial charge in [0, 0.05) is 17.4 Å². The maximum Gasteiger partial charge on any atom is 0.243 e. The summed E-state index contributed by atoms with van der Waals surface area (Å²) in [4.78, 5) is 26.2. The largest absolute Gasteiger partial charge is 0.349 e. The first-order valence-corrected chi connectivity index (χ1v) is 14.6. The van der Waals surface area contributed by atoms with Crippen molar-refractivity contribution < 1.29 is 9.59 Å². The van der Waals surface area contributed by atoms with E-state index < -0.39 is 0 Å². The van der Waals surface area contributed by atoms with Crippen molar-refractivity contribution in [2.75, 3.05) is 0 Å². The Balaban J connectivity index is 1.24. The fourth-order valence-corrected chi connectivity index (χ4v) is 9.59. The van der Waals surface area contributed by atoms with Crippen molar-refractivity contribution in [3.05, 3.63) is 47.5 Å². The molecule has 5 aliphatic rings. The van der Waals surface area contributed by atoms with Crippen LogP contribution in [0.25, 0.3) is 0 Å². The van der Waals surface area contributed by atoms with Crippen molar-refractivity contribution in [1.29, 1.82) is 5.26 Å². The fraction of sp³-hybridized carbons (Fsp3) is 0.656. The van der Waals surface area contributed by atoms with E-state index in [1.165, 1.54) is 6.42 Å². The number of rotatable bonds is 3. The first-order valence-electron chi connectivity index (χ1n) is 14.6. The average molecular weight is 500 g/mol. The molecule has 4 aliphatic carbocycles. The quantitative estimate of drug-likeness (QED) is 0.556. The second kappa shape index (κ2) is 9.00. The molecule has 0 spiro atoms. The normalized spacial score (nSPS) is 39.9. The van der Waals surface area contributed by atoms with Crippen molar-refractivity contribution in [3.63, 3.8) is 0 Å². The lowest BCUT2D eigenvalue weighted by atomic mass is 9.48. The summed E-state index contributed by atoms with van der Waals surface area (Å²) in [5, 5.41) is 16.2. The molecule has 2 N–H and O–H groups in total. The molecular weight excluding hydrogens is 458 g/mol. The molecule has 0 bridgehead atoms. The molecule has 1 aromatic carbocycles. The Bertz CT molecular complexity index is 1140.